The zero-order valence-electron chi connectivity index (χ0n) is 27.3. The molecule has 18 heteroatoms. The Bertz CT molecular complexity index is 1710. The molecule has 0 aliphatic carbocycles. The highest BCUT2D eigenvalue weighted by atomic mass is 32.2. The number of hydrazine groups is 1. The van der Waals surface area contributed by atoms with E-state index in [0.717, 1.165) is 33.5 Å². The van der Waals surface area contributed by atoms with Crippen LogP contribution in [0.4, 0.5) is 18.0 Å². The molecule has 2 atom stereocenters. The summed E-state index contributed by atoms with van der Waals surface area (Å²) < 4.78 is 79.7. The number of sulfonamides is 1. The van der Waals surface area contributed by atoms with Crippen molar-refractivity contribution >= 4 is 22.1 Å². The van der Waals surface area contributed by atoms with Gasteiger partial charge in [-0.3, -0.25) is 9.63 Å². The van der Waals surface area contributed by atoms with Crippen LogP contribution in [0, 0.1) is 18.0 Å². The summed E-state index contributed by atoms with van der Waals surface area (Å²) in [5.41, 5.74) is 0.465. The molecular weight excluding hydrogens is 661 g/mol. The van der Waals surface area contributed by atoms with E-state index in [-0.39, 0.29) is 33.6 Å². The zero-order valence-corrected chi connectivity index (χ0v) is 28.1. The van der Waals surface area contributed by atoms with Crippen molar-refractivity contribution in [2.75, 3.05) is 7.05 Å². The molecule has 0 bridgehead atoms. The Balaban J connectivity index is 1.82. The lowest BCUT2D eigenvalue weighted by Crippen LogP contribution is -2.49. The molecular formula is C30H37F3N6O8S. The Labute approximate surface area is 275 Å². The van der Waals surface area contributed by atoms with Crippen molar-refractivity contribution in [3.05, 3.63) is 71.1 Å². The van der Waals surface area contributed by atoms with Gasteiger partial charge < -0.3 is 14.7 Å². The third-order valence-corrected chi connectivity index (χ3v) is 7.91. The van der Waals surface area contributed by atoms with Crippen LogP contribution >= 0.6 is 0 Å². The number of benzene rings is 2. The normalized spacial score (nSPS) is 13.6. The standard InChI is InChI=1S/C30H37F3N6O8S/c1-18(2)16-26(37(7)39(42)36-47-21(6)46-29(41)45-19(3)4)28(40)35-48(43,44)24-14-12-23(13-15-24)38-25(17-27(34-38)30(31,32)33)22-10-8-20(5)9-11-22/h8-15,17-19,21,26H,16H2,1-7H3,(H,35,40)/b39-36-/t21?,26-/m0/s1. The first kappa shape index (κ1) is 37.6. The molecule has 1 unspecified atom stereocenters. The second-order valence-corrected chi connectivity index (χ2v) is 13.1. The SMILES string of the molecule is Cc1ccc(-c2cc(C(F)(F)F)nn2-c2ccc(S(=O)(=O)NC(=O)[C@H](CC(C)C)N(C)/[N+]([O-])=N/OC(C)OC(=O)OC(C)C)cc2)cc1. The average Bonchev–Trinajstić information content (AvgIpc) is 3.44. The molecule has 0 aliphatic heterocycles. The molecule has 0 spiro atoms. The van der Waals surface area contributed by atoms with Gasteiger partial charge >= 0.3 is 12.3 Å². The molecule has 3 aromatic rings. The quantitative estimate of drug-likeness (QED) is 0.0765. The zero-order chi connectivity index (χ0) is 36.0. The predicted molar refractivity (Wildman–Crippen MR) is 164 cm³/mol. The van der Waals surface area contributed by atoms with E-state index < -0.39 is 52.4 Å². The van der Waals surface area contributed by atoms with Crippen LogP contribution in [0.25, 0.3) is 16.9 Å². The highest BCUT2D eigenvalue weighted by Gasteiger charge is 2.36. The molecule has 1 amide bonds. The lowest BCUT2D eigenvalue weighted by molar-refractivity contribution is -0.712. The lowest BCUT2D eigenvalue weighted by atomic mass is 10.0. The number of nitrogens with zero attached hydrogens (tertiary/aromatic N) is 5. The Kier molecular flexibility index (Phi) is 12.0. The summed E-state index contributed by atoms with van der Waals surface area (Å²) in [6.07, 6.45) is -7.58. The third kappa shape index (κ3) is 10.1. The monoisotopic (exact) mass is 698 g/mol. The first-order valence-corrected chi connectivity index (χ1v) is 16.1. The van der Waals surface area contributed by atoms with E-state index in [1.165, 1.54) is 26.1 Å². The van der Waals surface area contributed by atoms with E-state index >= 15 is 0 Å². The van der Waals surface area contributed by atoms with Crippen molar-refractivity contribution in [1.82, 2.24) is 19.5 Å². The molecule has 1 N–H and O–H groups in total. The molecule has 1 heterocycles. The predicted octanol–water partition coefficient (Wildman–Crippen LogP) is 5.73. The van der Waals surface area contributed by atoms with Crippen molar-refractivity contribution in [3.8, 4) is 16.9 Å². The van der Waals surface area contributed by atoms with Crippen LogP contribution in [0.3, 0.4) is 0 Å². The third-order valence-electron chi connectivity index (χ3n) is 6.55. The Morgan fingerprint density at radius 3 is 2.19 bits per heavy atom. The van der Waals surface area contributed by atoms with Crippen molar-refractivity contribution < 1.29 is 50.5 Å². The summed E-state index contributed by atoms with van der Waals surface area (Å²) in [6.45, 7) is 9.77. The van der Waals surface area contributed by atoms with Gasteiger partial charge in [0, 0.05) is 12.5 Å². The van der Waals surface area contributed by atoms with Crippen LogP contribution < -0.4 is 4.72 Å². The molecule has 0 fully saturated rings. The van der Waals surface area contributed by atoms with Crippen molar-refractivity contribution in [2.45, 2.75) is 77.5 Å². The summed E-state index contributed by atoms with van der Waals surface area (Å²) in [5.74, 6) is -1.26. The Morgan fingerprint density at radius 2 is 1.65 bits per heavy atom. The Hall–Kier alpha value is -4.87. The minimum Gasteiger partial charge on any atom is -0.569 e. The molecule has 1 aromatic heterocycles. The molecule has 14 nitrogen and oxygen atoms in total. The number of carbonyl (C=O) groups is 2. The largest absolute Gasteiger partial charge is 0.569 e. The maximum absolute atomic E-state index is 13.6. The Morgan fingerprint density at radius 1 is 1.04 bits per heavy atom. The van der Waals surface area contributed by atoms with Gasteiger partial charge in [-0.2, -0.15) is 18.3 Å². The van der Waals surface area contributed by atoms with Gasteiger partial charge in [0.05, 0.1) is 34.4 Å². The number of aryl methyl sites for hydroxylation is 1. The van der Waals surface area contributed by atoms with E-state index in [1.54, 1.807) is 52.0 Å². The second-order valence-electron chi connectivity index (χ2n) is 11.4. The van der Waals surface area contributed by atoms with Gasteiger partial charge in [-0.25, -0.2) is 22.6 Å². The average molecular weight is 699 g/mol. The maximum atomic E-state index is 13.6. The summed E-state index contributed by atoms with van der Waals surface area (Å²) in [6, 6.07) is 11.0. The number of hydrogen-bond donors (Lipinski definition) is 1. The van der Waals surface area contributed by atoms with Crippen LogP contribution in [0.5, 0.6) is 0 Å². The topological polar surface area (TPSA) is 167 Å². The smallest absolute Gasteiger partial charge is 0.511 e. The van der Waals surface area contributed by atoms with Crippen LogP contribution in [-0.4, -0.2) is 65.7 Å². The molecule has 48 heavy (non-hydrogen) atoms. The number of likely N-dealkylation sites (N-methyl/N-ethyl adjacent to an activating group) is 1. The molecule has 0 saturated heterocycles. The van der Waals surface area contributed by atoms with Crippen molar-refractivity contribution in [3.63, 3.8) is 0 Å². The van der Waals surface area contributed by atoms with Crippen LogP contribution in [0.2, 0.25) is 0 Å². The fourth-order valence-corrected chi connectivity index (χ4v) is 5.22. The number of ether oxygens (including phenoxy) is 2. The number of nitrogens with one attached hydrogen (secondary N) is 1. The number of alkyl halides is 3. The van der Waals surface area contributed by atoms with E-state index in [4.69, 9.17) is 14.3 Å². The first-order valence-electron chi connectivity index (χ1n) is 14.6. The molecule has 0 radical (unpaired) electrons. The number of rotatable bonds is 13. The molecule has 262 valence electrons. The van der Waals surface area contributed by atoms with Gasteiger partial charge in [-0.1, -0.05) is 43.7 Å². The van der Waals surface area contributed by atoms with E-state index in [1.807, 2.05) is 11.6 Å². The summed E-state index contributed by atoms with van der Waals surface area (Å²) in [4.78, 5) is 29.2. The fourth-order valence-electron chi connectivity index (χ4n) is 4.21. The summed E-state index contributed by atoms with van der Waals surface area (Å²) >= 11 is 0. The molecule has 2 aromatic carbocycles. The van der Waals surface area contributed by atoms with Crippen molar-refractivity contribution in [1.29, 1.82) is 0 Å². The first-order chi connectivity index (χ1) is 22.3. The summed E-state index contributed by atoms with van der Waals surface area (Å²) in [7, 11) is -3.34. The van der Waals surface area contributed by atoms with E-state index in [2.05, 4.69) is 10.4 Å². The molecule has 0 aliphatic rings. The van der Waals surface area contributed by atoms with E-state index in [9.17, 15) is 36.4 Å². The number of aromatic nitrogens is 2. The number of carbonyl (C=O) groups excluding carboxylic acids is 2. The van der Waals surface area contributed by atoms with Gasteiger partial charge in [0.25, 0.3) is 22.2 Å². The van der Waals surface area contributed by atoms with Gasteiger partial charge in [-0.05, 0) is 63.4 Å². The highest BCUT2D eigenvalue weighted by Crippen LogP contribution is 2.33. The minimum atomic E-state index is -4.73. The van der Waals surface area contributed by atoms with Crippen LogP contribution in [-0.2, 0) is 35.3 Å². The van der Waals surface area contributed by atoms with Crippen LogP contribution in [0.15, 0.2) is 64.8 Å². The maximum Gasteiger partial charge on any atom is 0.511 e. The molecule has 0 saturated carbocycles. The van der Waals surface area contributed by atoms with Crippen molar-refractivity contribution in [2.24, 2.45) is 11.2 Å². The fraction of sp³-hybridized carbons (Fsp3) is 0.433. The van der Waals surface area contributed by atoms with Gasteiger partial charge in [0.1, 0.15) is 0 Å². The minimum absolute atomic E-state index is 0.0143. The highest BCUT2D eigenvalue weighted by molar-refractivity contribution is 7.90. The second kappa shape index (κ2) is 15.4. The lowest BCUT2D eigenvalue weighted by Gasteiger charge is -2.24. The van der Waals surface area contributed by atoms with E-state index in [0.29, 0.717) is 5.56 Å². The summed E-state index contributed by atoms with van der Waals surface area (Å²) in [5, 5.41) is 20.4. The number of hydrogen-bond acceptors (Lipinski definition) is 10. The molecule has 3 rings (SSSR count). The van der Waals surface area contributed by atoms with Gasteiger partial charge in [-0.15, -0.1) is 5.01 Å². The van der Waals surface area contributed by atoms with Gasteiger partial charge in [0.15, 0.2) is 11.7 Å². The van der Waals surface area contributed by atoms with Gasteiger partial charge in [0.2, 0.25) is 5.28 Å². The number of halogens is 3. The van der Waals surface area contributed by atoms with Crippen LogP contribution in [0.1, 0.15) is 52.3 Å². The number of amides is 1.